The van der Waals surface area contributed by atoms with Crippen LogP contribution in [0.3, 0.4) is 0 Å². The first-order valence-corrected chi connectivity index (χ1v) is 6.52. The number of benzene rings is 2. The smallest absolute Gasteiger partial charge is 0.167 e. The Morgan fingerprint density at radius 2 is 1.75 bits per heavy atom. The highest BCUT2D eigenvalue weighted by molar-refractivity contribution is 5.56. The SMILES string of the molecule is Cc1ccc(OCc2cc(-c3ccccc3)on2)cc1. The molecule has 100 valence electrons. The van der Waals surface area contributed by atoms with Crippen LogP contribution in [0, 0.1) is 6.92 Å². The zero-order valence-electron chi connectivity index (χ0n) is 11.2. The van der Waals surface area contributed by atoms with Gasteiger partial charge in [-0.3, -0.25) is 0 Å². The molecule has 2 aromatic carbocycles. The van der Waals surface area contributed by atoms with Crippen molar-refractivity contribution in [1.82, 2.24) is 5.16 Å². The third-order valence-corrected chi connectivity index (χ3v) is 3.02. The molecule has 0 aliphatic carbocycles. The molecule has 3 aromatic rings. The Hall–Kier alpha value is -2.55. The van der Waals surface area contributed by atoms with Gasteiger partial charge in [0.15, 0.2) is 5.76 Å². The number of ether oxygens (including phenoxy) is 1. The molecule has 3 rings (SSSR count). The molecular formula is C17H15NO2. The van der Waals surface area contributed by atoms with Crippen LogP contribution in [0.25, 0.3) is 11.3 Å². The number of aryl methyl sites for hydroxylation is 1. The zero-order chi connectivity index (χ0) is 13.8. The maximum absolute atomic E-state index is 5.67. The standard InChI is InChI=1S/C17H15NO2/c1-13-7-9-16(10-8-13)19-12-15-11-17(20-18-15)14-5-3-2-4-6-14/h2-11H,12H2,1H3. The normalized spacial score (nSPS) is 10.4. The molecule has 0 amide bonds. The first-order chi connectivity index (χ1) is 9.81. The second kappa shape index (κ2) is 5.61. The maximum Gasteiger partial charge on any atom is 0.167 e. The summed E-state index contributed by atoms with van der Waals surface area (Å²) < 4.78 is 11.0. The predicted molar refractivity (Wildman–Crippen MR) is 77.5 cm³/mol. The lowest BCUT2D eigenvalue weighted by Gasteiger charge is -2.03. The second-order valence-electron chi connectivity index (χ2n) is 4.65. The maximum atomic E-state index is 5.67. The van der Waals surface area contributed by atoms with Gasteiger partial charge in [-0.25, -0.2) is 0 Å². The van der Waals surface area contributed by atoms with Crippen LogP contribution in [0.2, 0.25) is 0 Å². The van der Waals surface area contributed by atoms with Crippen LogP contribution < -0.4 is 4.74 Å². The fourth-order valence-electron chi connectivity index (χ4n) is 1.91. The van der Waals surface area contributed by atoms with E-state index in [0.717, 1.165) is 22.8 Å². The molecule has 1 aromatic heterocycles. The van der Waals surface area contributed by atoms with Crippen LogP contribution in [0.4, 0.5) is 0 Å². The molecule has 20 heavy (non-hydrogen) atoms. The monoisotopic (exact) mass is 265 g/mol. The third-order valence-electron chi connectivity index (χ3n) is 3.02. The van der Waals surface area contributed by atoms with E-state index in [4.69, 9.17) is 9.26 Å². The van der Waals surface area contributed by atoms with E-state index in [9.17, 15) is 0 Å². The lowest BCUT2D eigenvalue weighted by Crippen LogP contribution is -1.95. The van der Waals surface area contributed by atoms with E-state index in [1.54, 1.807) is 0 Å². The van der Waals surface area contributed by atoms with Gasteiger partial charge >= 0.3 is 0 Å². The van der Waals surface area contributed by atoms with Crippen molar-refractivity contribution in [3.05, 3.63) is 71.9 Å². The lowest BCUT2D eigenvalue weighted by atomic mass is 10.2. The lowest BCUT2D eigenvalue weighted by molar-refractivity contribution is 0.290. The average Bonchev–Trinajstić information content (AvgIpc) is 2.97. The van der Waals surface area contributed by atoms with Crippen LogP contribution in [0.1, 0.15) is 11.3 Å². The Kier molecular flexibility index (Phi) is 3.50. The molecule has 0 saturated heterocycles. The summed E-state index contributed by atoms with van der Waals surface area (Å²) in [5.74, 6) is 1.59. The van der Waals surface area contributed by atoms with Gasteiger partial charge in [-0.15, -0.1) is 0 Å². The Morgan fingerprint density at radius 1 is 1.00 bits per heavy atom. The van der Waals surface area contributed by atoms with Crippen LogP contribution in [0.5, 0.6) is 5.75 Å². The molecule has 0 spiro atoms. The topological polar surface area (TPSA) is 35.3 Å². The van der Waals surface area contributed by atoms with Gasteiger partial charge in [0.1, 0.15) is 18.1 Å². The van der Waals surface area contributed by atoms with Gasteiger partial charge in [0.05, 0.1) is 0 Å². The average molecular weight is 265 g/mol. The molecule has 0 aliphatic rings. The number of hydrogen-bond acceptors (Lipinski definition) is 3. The van der Waals surface area contributed by atoms with Crippen molar-refractivity contribution >= 4 is 0 Å². The minimum Gasteiger partial charge on any atom is -0.487 e. The molecule has 0 saturated carbocycles. The van der Waals surface area contributed by atoms with E-state index >= 15 is 0 Å². The van der Waals surface area contributed by atoms with Crippen molar-refractivity contribution in [3.63, 3.8) is 0 Å². The summed E-state index contributed by atoms with van der Waals surface area (Å²) in [4.78, 5) is 0. The highest BCUT2D eigenvalue weighted by Crippen LogP contribution is 2.20. The Balaban J connectivity index is 1.67. The molecule has 3 heteroatoms. The number of hydrogen-bond donors (Lipinski definition) is 0. The summed E-state index contributed by atoms with van der Waals surface area (Å²) >= 11 is 0. The molecule has 0 unspecified atom stereocenters. The summed E-state index contributed by atoms with van der Waals surface area (Å²) in [5, 5.41) is 4.03. The molecule has 0 aliphatic heterocycles. The van der Waals surface area contributed by atoms with Crippen molar-refractivity contribution in [2.75, 3.05) is 0 Å². The summed E-state index contributed by atoms with van der Waals surface area (Å²) in [6, 6.07) is 19.8. The molecular weight excluding hydrogens is 250 g/mol. The molecule has 0 atom stereocenters. The van der Waals surface area contributed by atoms with Gasteiger partial charge in [0.2, 0.25) is 0 Å². The first kappa shape index (κ1) is 12.5. The van der Waals surface area contributed by atoms with Gasteiger partial charge in [-0.1, -0.05) is 53.2 Å². The van der Waals surface area contributed by atoms with Gasteiger partial charge in [0, 0.05) is 11.6 Å². The molecule has 0 radical (unpaired) electrons. The van der Waals surface area contributed by atoms with Crippen molar-refractivity contribution < 1.29 is 9.26 Å². The number of nitrogens with zero attached hydrogens (tertiary/aromatic N) is 1. The summed E-state index contributed by atoms with van der Waals surface area (Å²) in [5.41, 5.74) is 3.01. The predicted octanol–water partition coefficient (Wildman–Crippen LogP) is 4.23. The Bertz CT molecular complexity index is 672. The minimum absolute atomic E-state index is 0.402. The van der Waals surface area contributed by atoms with Gasteiger partial charge in [0.25, 0.3) is 0 Å². The summed E-state index contributed by atoms with van der Waals surface area (Å²) in [7, 11) is 0. The third kappa shape index (κ3) is 2.88. The van der Waals surface area contributed by atoms with Crippen LogP contribution in [-0.4, -0.2) is 5.16 Å². The van der Waals surface area contributed by atoms with Gasteiger partial charge in [-0.2, -0.15) is 0 Å². The van der Waals surface area contributed by atoms with E-state index in [2.05, 4.69) is 5.16 Å². The highest BCUT2D eigenvalue weighted by atomic mass is 16.5. The van der Waals surface area contributed by atoms with Crippen LogP contribution in [0.15, 0.2) is 65.2 Å². The van der Waals surface area contributed by atoms with Gasteiger partial charge < -0.3 is 9.26 Å². The summed E-state index contributed by atoms with van der Waals surface area (Å²) in [6.07, 6.45) is 0. The van der Waals surface area contributed by atoms with Crippen molar-refractivity contribution in [2.24, 2.45) is 0 Å². The summed E-state index contributed by atoms with van der Waals surface area (Å²) in [6.45, 7) is 2.45. The van der Waals surface area contributed by atoms with Crippen molar-refractivity contribution in [1.29, 1.82) is 0 Å². The molecule has 0 bridgehead atoms. The molecule has 3 nitrogen and oxygen atoms in total. The van der Waals surface area contributed by atoms with Crippen LogP contribution >= 0.6 is 0 Å². The fraction of sp³-hybridized carbons (Fsp3) is 0.118. The first-order valence-electron chi connectivity index (χ1n) is 6.52. The van der Waals surface area contributed by atoms with Crippen LogP contribution in [-0.2, 0) is 6.61 Å². The molecule has 0 N–H and O–H groups in total. The highest BCUT2D eigenvalue weighted by Gasteiger charge is 2.06. The number of aromatic nitrogens is 1. The van der Waals surface area contributed by atoms with Gasteiger partial charge in [-0.05, 0) is 19.1 Å². The Morgan fingerprint density at radius 3 is 2.50 bits per heavy atom. The van der Waals surface area contributed by atoms with Crippen molar-refractivity contribution in [3.8, 4) is 17.1 Å². The van der Waals surface area contributed by atoms with E-state index in [1.807, 2.05) is 67.6 Å². The molecule has 0 fully saturated rings. The number of rotatable bonds is 4. The minimum atomic E-state index is 0.402. The zero-order valence-corrected chi connectivity index (χ0v) is 11.2. The largest absolute Gasteiger partial charge is 0.487 e. The van der Waals surface area contributed by atoms with Crippen molar-refractivity contribution in [2.45, 2.75) is 13.5 Å². The van der Waals surface area contributed by atoms with E-state index in [1.165, 1.54) is 5.56 Å². The van der Waals surface area contributed by atoms with E-state index < -0.39 is 0 Å². The second-order valence-corrected chi connectivity index (χ2v) is 4.65. The quantitative estimate of drug-likeness (QED) is 0.708. The molecule has 1 heterocycles. The fourth-order valence-corrected chi connectivity index (χ4v) is 1.91. The Labute approximate surface area is 117 Å². The van der Waals surface area contributed by atoms with E-state index in [0.29, 0.717) is 6.61 Å². The van der Waals surface area contributed by atoms with E-state index in [-0.39, 0.29) is 0 Å².